The first-order chi connectivity index (χ1) is 28.2. The van der Waals surface area contributed by atoms with Crippen molar-refractivity contribution in [2.24, 2.45) is 0 Å². The zero-order valence-electron chi connectivity index (χ0n) is 30.6. The van der Waals surface area contributed by atoms with E-state index in [0.717, 1.165) is 111 Å². The van der Waals surface area contributed by atoms with Gasteiger partial charge in [0.1, 0.15) is 22.3 Å². The van der Waals surface area contributed by atoms with Crippen molar-refractivity contribution in [3.8, 4) is 50.7 Å². The molecule has 0 N–H and O–H groups in total. The minimum Gasteiger partial charge on any atom is -0.455 e. The molecule has 0 aliphatic rings. The van der Waals surface area contributed by atoms with Gasteiger partial charge >= 0.3 is 0 Å². The molecule has 4 aromatic heterocycles. The summed E-state index contributed by atoms with van der Waals surface area (Å²) in [7, 11) is 0. The number of hydrogen-bond donors (Lipinski definition) is 0. The minimum atomic E-state index is 0.637. The van der Waals surface area contributed by atoms with E-state index in [1.54, 1.807) is 0 Å². The molecule has 266 valence electrons. The predicted molar refractivity (Wildman–Crippen MR) is 233 cm³/mol. The van der Waals surface area contributed by atoms with Crippen molar-refractivity contribution in [2.75, 3.05) is 0 Å². The van der Waals surface area contributed by atoms with Crippen molar-refractivity contribution in [1.82, 2.24) is 14.5 Å². The summed E-state index contributed by atoms with van der Waals surface area (Å²) in [4.78, 5) is 10.5. The van der Waals surface area contributed by atoms with Crippen LogP contribution in [0.4, 0.5) is 0 Å². The van der Waals surface area contributed by atoms with Crippen LogP contribution < -0.4 is 0 Å². The summed E-state index contributed by atoms with van der Waals surface area (Å²) in [6.07, 6.45) is 0. The maximum Gasteiger partial charge on any atom is 0.160 e. The molecule has 0 atom stereocenters. The largest absolute Gasteiger partial charge is 0.455 e. The maximum atomic E-state index is 6.54. The van der Waals surface area contributed by atoms with Crippen molar-refractivity contribution in [2.45, 2.75) is 0 Å². The van der Waals surface area contributed by atoms with Gasteiger partial charge in [0.05, 0.1) is 27.8 Å². The van der Waals surface area contributed by atoms with E-state index < -0.39 is 0 Å². The quantitative estimate of drug-likeness (QED) is 0.177. The van der Waals surface area contributed by atoms with Crippen molar-refractivity contribution in [1.29, 1.82) is 0 Å². The molecule has 8 aromatic carbocycles. The Balaban J connectivity index is 1.03. The molecule has 0 radical (unpaired) electrons. The van der Waals surface area contributed by atoms with E-state index in [1.165, 1.54) is 0 Å². The Morgan fingerprint density at radius 1 is 0.368 bits per heavy atom. The number of furan rings is 2. The monoisotopic (exact) mass is 729 g/mol. The van der Waals surface area contributed by atoms with Crippen LogP contribution in [0.3, 0.4) is 0 Å². The molecule has 0 amide bonds. The van der Waals surface area contributed by atoms with E-state index in [1.807, 2.05) is 36.4 Å². The van der Waals surface area contributed by atoms with Crippen LogP contribution in [-0.2, 0) is 0 Å². The predicted octanol–water partition coefficient (Wildman–Crippen LogP) is 14.0. The normalized spacial score (nSPS) is 11.9. The molecule has 0 aliphatic carbocycles. The topological polar surface area (TPSA) is 57.0 Å². The van der Waals surface area contributed by atoms with E-state index >= 15 is 0 Å². The molecule has 12 aromatic rings. The molecule has 5 nitrogen and oxygen atoms in total. The van der Waals surface area contributed by atoms with Crippen LogP contribution in [0.1, 0.15) is 0 Å². The van der Waals surface area contributed by atoms with Crippen LogP contribution in [0.2, 0.25) is 0 Å². The number of hydrogen-bond acceptors (Lipinski definition) is 4. The van der Waals surface area contributed by atoms with Crippen molar-refractivity contribution in [3.05, 3.63) is 188 Å². The van der Waals surface area contributed by atoms with Crippen LogP contribution in [-0.4, -0.2) is 14.5 Å². The summed E-state index contributed by atoms with van der Waals surface area (Å²) in [6, 6.07) is 65.4. The van der Waals surface area contributed by atoms with Gasteiger partial charge < -0.3 is 13.4 Å². The molecule has 0 fully saturated rings. The highest BCUT2D eigenvalue weighted by Gasteiger charge is 2.20. The summed E-state index contributed by atoms with van der Waals surface area (Å²) in [5.41, 5.74) is 13.5. The van der Waals surface area contributed by atoms with Crippen molar-refractivity contribution >= 4 is 65.7 Å². The number of benzene rings is 8. The number of rotatable bonds is 5. The summed E-state index contributed by atoms with van der Waals surface area (Å²) in [6.45, 7) is 0. The second-order valence-electron chi connectivity index (χ2n) is 14.5. The van der Waals surface area contributed by atoms with Gasteiger partial charge in [0, 0.05) is 49.3 Å². The molecule has 0 spiro atoms. The fraction of sp³-hybridized carbons (Fsp3) is 0. The molecule has 57 heavy (non-hydrogen) atoms. The van der Waals surface area contributed by atoms with E-state index in [2.05, 4.69) is 156 Å². The Bertz CT molecular complexity index is 3520. The van der Waals surface area contributed by atoms with Crippen LogP contribution in [0.5, 0.6) is 0 Å². The van der Waals surface area contributed by atoms with Crippen molar-refractivity contribution < 1.29 is 8.83 Å². The Morgan fingerprint density at radius 3 is 1.79 bits per heavy atom. The Labute approximate surface area is 326 Å². The summed E-state index contributed by atoms with van der Waals surface area (Å²) < 4.78 is 15.4. The Morgan fingerprint density at radius 2 is 0.982 bits per heavy atom. The highest BCUT2D eigenvalue weighted by atomic mass is 16.3. The molecular weight excluding hydrogens is 699 g/mol. The van der Waals surface area contributed by atoms with Gasteiger partial charge in [-0.25, -0.2) is 9.97 Å². The molecule has 0 unspecified atom stereocenters. The van der Waals surface area contributed by atoms with Crippen LogP contribution in [0, 0.1) is 0 Å². The lowest BCUT2D eigenvalue weighted by molar-refractivity contribution is 0.670. The number of para-hydroxylation sites is 4. The minimum absolute atomic E-state index is 0.637. The molecule has 0 aliphatic heterocycles. The van der Waals surface area contributed by atoms with Crippen LogP contribution in [0.15, 0.2) is 197 Å². The van der Waals surface area contributed by atoms with E-state index in [-0.39, 0.29) is 0 Å². The third-order valence-electron chi connectivity index (χ3n) is 11.2. The second-order valence-corrected chi connectivity index (χ2v) is 14.5. The highest BCUT2D eigenvalue weighted by molar-refractivity contribution is 6.23. The molecule has 4 heterocycles. The third kappa shape index (κ3) is 4.96. The SMILES string of the molecule is c1ccc(-c2cccc(-c3cc(-c4cccc5c4oc4ccccc45)nc(-c4ccc(-n5c6ccccc6c6c7oc8ccccc8c7ccc65)cc4)n3)c2)cc1. The number of fused-ring (bicyclic) bond motifs is 10. The first kappa shape index (κ1) is 31.6. The van der Waals surface area contributed by atoms with Gasteiger partial charge in [0.25, 0.3) is 0 Å². The van der Waals surface area contributed by atoms with E-state index in [0.29, 0.717) is 5.82 Å². The zero-order valence-corrected chi connectivity index (χ0v) is 30.6. The molecular formula is C52H31N3O2. The highest BCUT2D eigenvalue weighted by Crippen LogP contribution is 2.41. The molecule has 0 saturated carbocycles. The summed E-state index contributed by atoms with van der Waals surface area (Å²) in [5.74, 6) is 0.637. The Kier molecular flexibility index (Phi) is 6.86. The maximum absolute atomic E-state index is 6.54. The fourth-order valence-electron chi connectivity index (χ4n) is 8.57. The van der Waals surface area contributed by atoms with Crippen LogP contribution >= 0.6 is 0 Å². The molecule has 5 heteroatoms. The average Bonchev–Trinajstić information content (AvgIpc) is 3.96. The number of nitrogens with zero attached hydrogens (tertiary/aromatic N) is 3. The fourth-order valence-corrected chi connectivity index (χ4v) is 8.57. The van der Waals surface area contributed by atoms with E-state index in [9.17, 15) is 0 Å². The van der Waals surface area contributed by atoms with Crippen molar-refractivity contribution in [3.63, 3.8) is 0 Å². The molecule has 0 bridgehead atoms. The first-order valence-corrected chi connectivity index (χ1v) is 19.1. The lowest BCUT2D eigenvalue weighted by Crippen LogP contribution is -1.97. The lowest BCUT2D eigenvalue weighted by Gasteiger charge is -2.12. The van der Waals surface area contributed by atoms with Gasteiger partial charge in [-0.2, -0.15) is 0 Å². The first-order valence-electron chi connectivity index (χ1n) is 19.1. The second kappa shape index (κ2) is 12.4. The van der Waals surface area contributed by atoms with Gasteiger partial charge in [0.2, 0.25) is 0 Å². The van der Waals surface area contributed by atoms with E-state index in [4.69, 9.17) is 18.8 Å². The Hall–Kier alpha value is -7.76. The third-order valence-corrected chi connectivity index (χ3v) is 11.2. The average molecular weight is 730 g/mol. The lowest BCUT2D eigenvalue weighted by atomic mass is 10.00. The van der Waals surface area contributed by atoms with Gasteiger partial charge in [-0.15, -0.1) is 0 Å². The van der Waals surface area contributed by atoms with Gasteiger partial charge in [-0.1, -0.05) is 115 Å². The summed E-state index contributed by atoms with van der Waals surface area (Å²) >= 11 is 0. The smallest absolute Gasteiger partial charge is 0.160 e. The molecule has 12 rings (SSSR count). The van der Waals surface area contributed by atoms with Gasteiger partial charge in [0.15, 0.2) is 5.82 Å². The number of aromatic nitrogens is 3. The standard InChI is InChI=1S/C52H31N3O2/c1-2-12-32(13-3-1)34-14-10-15-35(30-34)43-31-44(41-20-11-19-39-37-16-5-8-22-47(37)56-50(39)41)54-52(53-43)33-24-26-36(27-25-33)55-45-21-7-4-18-42(45)49-46(55)29-28-40-38-17-6-9-23-48(38)57-51(40)49/h1-31H. The van der Waals surface area contributed by atoms with Crippen LogP contribution in [0.25, 0.3) is 116 Å². The van der Waals surface area contributed by atoms with Gasteiger partial charge in [-0.3, -0.25) is 0 Å². The summed E-state index contributed by atoms with van der Waals surface area (Å²) in [5, 5.41) is 6.66. The molecule has 0 saturated heterocycles. The van der Waals surface area contributed by atoms with Gasteiger partial charge in [-0.05, 0) is 83.9 Å². The zero-order chi connectivity index (χ0) is 37.5.